The van der Waals surface area contributed by atoms with Crippen LogP contribution in [0.15, 0.2) is 59.8 Å². The van der Waals surface area contributed by atoms with Crippen LogP contribution in [0.4, 0.5) is 4.39 Å². The van der Waals surface area contributed by atoms with Gasteiger partial charge in [0.2, 0.25) is 10.0 Å². The van der Waals surface area contributed by atoms with Crippen molar-refractivity contribution >= 4 is 10.0 Å². The Hall–Kier alpha value is -2.91. The maximum Gasteiger partial charge on any atom is 0.241 e. The third kappa shape index (κ3) is 3.96. The van der Waals surface area contributed by atoms with E-state index in [1.807, 2.05) is 0 Å². The Balaban J connectivity index is 1.73. The van der Waals surface area contributed by atoms with Gasteiger partial charge in [0.25, 0.3) is 0 Å². The number of sulfonamides is 1. The summed E-state index contributed by atoms with van der Waals surface area (Å²) in [6, 6.07) is 9.43. The van der Waals surface area contributed by atoms with Gasteiger partial charge in [-0.3, -0.25) is 0 Å². The van der Waals surface area contributed by atoms with Crippen LogP contribution >= 0.6 is 0 Å². The minimum atomic E-state index is -4.02. The van der Waals surface area contributed by atoms with Gasteiger partial charge in [-0.15, -0.1) is 0 Å². The fraction of sp³-hybridized carbons (Fsp3) is 0.250. The highest BCUT2D eigenvalue weighted by Crippen LogP contribution is 2.33. The van der Waals surface area contributed by atoms with Crippen molar-refractivity contribution in [2.75, 3.05) is 13.2 Å². The van der Waals surface area contributed by atoms with Crippen LogP contribution in [0, 0.1) is 5.82 Å². The van der Waals surface area contributed by atoms with Gasteiger partial charge in [0.15, 0.2) is 11.5 Å². The molecular weight excluding hydrogens is 397 g/mol. The molecular formula is C20H20FN3O4S. The molecule has 3 aromatic rings. The van der Waals surface area contributed by atoms with Crippen molar-refractivity contribution in [3.8, 4) is 11.5 Å². The molecule has 9 heteroatoms. The van der Waals surface area contributed by atoms with E-state index in [1.165, 1.54) is 30.5 Å². The van der Waals surface area contributed by atoms with Crippen molar-refractivity contribution in [2.45, 2.75) is 17.4 Å². The number of nitrogens with one attached hydrogen (secondary N) is 1. The number of imidazole rings is 1. The van der Waals surface area contributed by atoms with Crippen LogP contribution in [0.2, 0.25) is 0 Å². The Morgan fingerprint density at radius 1 is 1.14 bits per heavy atom. The number of fused-ring (bicyclic) bond motifs is 1. The first kappa shape index (κ1) is 19.4. The summed E-state index contributed by atoms with van der Waals surface area (Å²) in [7, 11) is -2.30. The largest absolute Gasteiger partial charge is 0.490 e. The van der Waals surface area contributed by atoms with Crippen LogP contribution in [-0.4, -0.2) is 31.2 Å². The van der Waals surface area contributed by atoms with Gasteiger partial charge in [-0.05, 0) is 18.2 Å². The molecule has 0 unspecified atom stereocenters. The van der Waals surface area contributed by atoms with Gasteiger partial charge in [0.05, 0.1) is 18.1 Å². The Bertz CT molecular complexity index is 1130. The quantitative estimate of drug-likeness (QED) is 0.690. The zero-order valence-corrected chi connectivity index (χ0v) is 16.5. The summed E-state index contributed by atoms with van der Waals surface area (Å²) in [6.07, 6.45) is 3.92. The number of benzene rings is 2. The lowest BCUT2D eigenvalue weighted by molar-refractivity contribution is 0.297. The van der Waals surface area contributed by atoms with Crippen LogP contribution < -0.4 is 14.2 Å². The summed E-state index contributed by atoms with van der Waals surface area (Å²) in [5, 5.41) is 0. The molecule has 4 rings (SSSR count). The van der Waals surface area contributed by atoms with Gasteiger partial charge < -0.3 is 14.0 Å². The normalized spacial score (nSPS) is 15.0. The minimum Gasteiger partial charge on any atom is -0.490 e. The lowest BCUT2D eigenvalue weighted by Crippen LogP contribution is -2.31. The third-order valence-electron chi connectivity index (χ3n) is 4.64. The second-order valence-corrected chi connectivity index (χ2v) is 8.35. The van der Waals surface area contributed by atoms with Crippen molar-refractivity contribution in [3.63, 3.8) is 0 Å². The van der Waals surface area contributed by atoms with Crippen LogP contribution in [0.1, 0.15) is 23.9 Å². The maximum absolute atomic E-state index is 14.5. The first-order valence-electron chi connectivity index (χ1n) is 9.09. The third-order valence-corrected chi connectivity index (χ3v) is 6.06. The number of rotatable bonds is 5. The molecule has 0 bridgehead atoms. The highest BCUT2D eigenvalue weighted by atomic mass is 32.2. The molecule has 29 heavy (non-hydrogen) atoms. The first-order chi connectivity index (χ1) is 14.0. The van der Waals surface area contributed by atoms with E-state index < -0.39 is 21.9 Å². The number of aryl methyl sites for hydroxylation is 1. The topological polar surface area (TPSA) is 82.5 Å². The fourth-order valence-electron chi connectivity index (χ4n) is 3.15. The first-order valence-corrected chi connectivity index (χ1v) is 10.6. The molecule has 1 aliphatic heterocycles. The molecule has 0 amide bonds. The van der Waals surface area contributed by atoms with E-state index >= 15 is 0 Å². The summed E-state index contributed by atoms with van der Waals surface area (Å²) in [6.45, 7) is 0.945. The van der Waals surface area contributed by atoms with Crippen LogP contribution in [0.25, 0.3) is 0 Å². The lowest BCUT2D eigenvalue weighted by Gasteiger charge is -2.20. The Labute approximate surface area is 168 Å². The predicted molar refractivity (Wildman–Crippen MR) is 104 cm³/mol. The summed E-state index contributed by atoms with van der Waals surface area (Å²) in [5.74, 6) is 0.705. The monoisotopic (exact) mass is 417 g/mol. The number of halogens is 1. The molecule has 2 aromatic carbocycles. The van der Waals surface area contributed by atoms with Gasteiger partial charge >= 0.3 is 0 Å². The number of ether oxygens (including phenoxy) is 2. The molecule has 1 aromatic heterocycles. The molecule has 0 saturated carbocycles. The van der Waals surface area contributed by atoms with E-state index in [-0.39, 0.29) is 10.5 Å². The van der Waals surface area contributed by atoms with Gasteiger partial charge in [-0.2, -0.15) is 4.72 Å². The second-order valence-electron chi connectivity index (χ2n) is 6.63. The van der Waals surface area contributed by atoms with Gasteiger partial charge in [-0.25, -0.2) is 17.8 Å². The number of nitrogens with zero attached hydrogens (tertiary/aromatic N) is 2. The van der Waals surface area contributed by atoms with Crippen molar-refractivity contribution in [1.82, 2.24) is 14.3 Å². The van der Waals surface area contributed by atoms with Crippen molar-refractivity contribution in [2.24, 2.45) is 7.05 Å². The molecule has 1 N–H and O–H groups in total. The summed E-state index contributed by atoms with van der Waals surface area (Å²) < 4.78 is 56.2. The maximum atomic E-state index is 14.5. The summed E-state index contributed by atoms with van der Waals surface area (Å²) >= 11 is 0. The number of hydrogen-bond acceptors (Lipinski definition) is 5. The highest BCUT2D eigenvalue weighted by Gasteiger charge is 2.28. The van der Waals surface area contributed by atoms with E-state index in [2.05, 4.69) is 9.71 Å². The zero-order valence-electron chi connectivity index (χ0n) is 15.7. The predicted octanol–water partition coefficient (Wildman–Crippen LogP) is 2.79. The van der Waals surface area contributed by atoms with Crippen molar-refractivity contribution in [1.29, 1.82) is 0 Å². The molecule has 7 nitrogen and oxygen atoms in total. The van der Waals surface area contributed by atoms with E-state index in [9.17, 15) is 12.8 Å². The SMILES string of the molecule is Cn1ccnc1[C@H](NS(=O)(=O)c1ccc2c(c1)OCCCO2)c1ccccc1F. The Morgan fingerprint density at radius 3 is 2.62 bits per heavy atom. The number of hydrogen-bond donors (Lipinski definition) is 1. The molecule has 1 aliphatic rings. The van der Waals surface area contributed by atoms with E-state index in [0.29, 0.717) is 37.0 Å². The summed E-state index contributed by atoms with van der Waals surface area (Å²) in [5.41, 5.74) is 0.180. The van der Waals surface area contributed by atoms with E-state index in [4.69, 9.17) is 9.47 Å². The van der Waals surface area contributed by atoms with Crippen molar-refractivity contribution in [3.05, 3.63) is 72.1 Å². The van der Waals surface area contributed by atoms with Crippen LogP contribution in [-0.2, 0) is 17.1 Å². The highest BCUT2D eigenvalue weighted by molar-refractivity contribution is 7.89. The second kappa shape index (κ2) is 7.84. The van der Waals surface area contributed by atoms with E-state index in [0.717, 1.165) is 0 Å². The van der Waals surface area contributed by atoms with Gasteiger partial charge in [0.1, 0.15) is 17.7 Å². The molecule has 152 valence electrons. The molecule has 0 fully saturated rings. The molecule has 2 heterocycles. The molecule has 1 atom stereocenters. The molecule has 0 saturated heterocycles. The van der Waals surface area contributed by atoms with Crippen molar-refractivity contribution < 1.29 is 22.3 Å². The number of aromatic nitrogens is 2. The average molecular weight is 417 g/mol. The molecule has 0 aliphatic carbocycles. The average Bonchev–Trinajstić information content (AvgIpc) is 2.98. The van der Waals surface area contributed by atoms with Gasteiger partial charge in [-0.1, -0.05) is 18.2 Å². The standard InChI is InChI=1S/C20H20FN3O4S/c1-24-10-9-22-20(24)19(15-5-2-3-6-16(15)21)23-29(25,26)14-7-8-17-18(13-14)28-12-4-11-27-17/h2-3,5-10,13,19,23H,4,11-12H2,1H3/t19-/m1/s1. The minimum absolute atomic E-state index is 0.00250. The Kier molecular flexibility index (Phi) is 5.25. The lowest BCUT2D eigenvalue weighted by atomic mass is 10.1. The molecule has 0 spiro atoms. The van der Waals surface area contributed by atoms with Crippen LogP contribution in [0.3, 0.4) is 0 Å². The van der Waals surface area contributed by atoms with Gasteiger partial charge in [0, 0.05) is 37.5 Å². The van der Waals surface area contributed by atoms with E-state index in [1.54, 1.807) is 36.0 Å². The van der Waals surface area contributed by atoms with Crippen LogP contribution in [0.5, 0.6) is 11.5 Å². The fourth-order valence-corrected chi connectivity index (χ4v) is 4.34. The Morgan fingerprint density at radius 2 is 1.90 bits per heavy atom. The smallest absolute Gasteiger partial charge is 0.241 e. The zero-order chi connectivity index (χ0) is 20.4. The molecule has 0 radical (unpaired) electrons. The summed E-state index contributed by atoms with van der Waals surface area (Å²) in [4.78, 5) is 4.22.